The molecular weight excluding hydrogens is 370 g/mol. The summed E-state index contributed by atoms with van der Waals surface area (Å²) in [5.74, 6) is 1.47. The second kappa shape index (κ2) is 8.44. The van der Waals surface area contributed by atoms with Crippen LogP contribution in [-0.4, -0.2) is 25.4 Å². The number of hydrogen-bond donors (Lipinski definition) is 1. The number of aromatic nitrogens is 1. The van der Waals surface area contributed by atoms with Crippen LogP contribution in [0.25, 0.3) is 11.3 Å². The maximum absolute atomic E-state index is 5.46. The summed E-state index contributed by atoms with van der Waals surface area (Å²) in [7, 11) is 3.27. The van der Waals surface area contributed by atoms with Crippen molar-refractivity contribution >= 4 is 22.7 Å². The summed E-state index contributed by atoms with van der Waals surface area (Å²) in [6, 6.07) is 14.1. The van der Waals surface area contributed by atoms with Gasteiger partial charge in [0.1, 0.15) is 11.5 Å². The molecule has 0 fully saturated rings. The molecule has 0 aliphatic rings. The minimum atomic E-state index is 0.147. The molecule has 0 radical (unpaired) electrons. The van der Waals surface area contributed by atoms with Crippen LogP contribution in [0.1, 0.15) is 31.9 Å². The summed E-state index contributed by atoms with van der Waals surface area (Å²) in [6.07, 6.45) is 1.79. The Kier molecular flexibility index (Phi) is 5.99. The number of methoxy groups -OCH3 is 2. The predicted octanol–water partition coefficient (Wildman–Crippen LogP) is 5.57. The third kappa shape index (κ3) is 4.70. The number of benzene rings is 2. The van der Waals surface area contributed by atoms with E-state index in [-0.39, 0.29) is 5.41 Å². The molecule has 1 N–H and O–H groups in total. The minimum absolute atomic E-state index is 0.147. The van der Waals surface area contributed by atoms with Crippen LogP contribution >= 0.6 is 11.3 Å². The highest BCUT2D eigenvalue weighted by molar-refractivity contribution is 7.14. The molecule has 0 aliphatic carbocycles. The Morgan fingerprint density at radius 3 is 2.43 bits per heavy atom. The first-order valence-corrected chi connectivity index (χ1v) is 9.86. The largest absolute Gasteiger partial charge is 0.497 e. The fourth-order valence-corrected chi connectivity index (χ4v) is 3.35. The van der Waals surface area contributed by atoms with Crippen LogP contribution < -0.4 is 14.9 Å². The van der Waals surface area contributed by atoms with Gasteiger partial charge in [0.2, 0.25) is 5.13 Å². The highest BCUT2D eigenvalue weighted by Gasteiger charge is 2.13. The number of rotatable bonds is 6. The van der Waals surface area contributed by atoms with Gasteiger partial charge in [0, 0.05) is 17.0 Å². The molecule has 6 heteroatoms. The maximum Gasteiger partial charge on any atom is 0.203 e. The first-order chi connectivity index (χ1) is 13.4. The number of hydrogen-bond acceptors (Lipinski definition) is 6. The van der Waals surface area contributed by atoms with Crippen molar-refractivity contribution in [3.63, 3.8) is 0 Å². The van der Waals surface area contributed by atoms with E-state index in [0.29, 0.717) is 0 Å². The molecule has 0 spiro atoms. The van der Waals surface area contributed by atoms with Gasteiger partial charge in [-0.2, -0.15) is 5.10 Å². The fraction of sp³-hybridized carbons (Fsp3) is 0.273. The van der Waals surface area contributed by atoms with Crippen molar-refractivity contribution in [2.75, 3.05) is 19.6 Å². The van der Waals surface area contributed by atoms with E-state index in [2.05, 4.69) is 60.5 Å². The number of nitrogens with one attached hydrogen (secondary N) is 1. The Morgan fingerprint density at radius 1 is 1.04 bits per heavy atom. The molecule has 0 bridgehead atoms. The average Bonchev–Trinajstić information content (AvgIpc) is 3.16. The molecule has 0 atom stereocenters. The van der Waals surface area contributed by atoms with Gasteiger partial charge in [0.05, 0.1) is 26.1 Å². The number of thiazole rings is 1. The van der Waals surface area contributed by atoms with E-state index in [1.807, 2.05) is 23.6 Å². The Hall–Kier alpha value is -2.86. The first kappa shape index (κ1) is 19.9. The molecule has 0 saturated heterocycles. The van der Waals surface area contributed by atoms with Crippen LogP contribution in [0.3, 0.4) is 0 Å². The second-order valence-corrected chi connectivity index (χ2v) is 8.20. The standard InChI is InChI=1S/C22H25N3O2S/c1-22(2,3)16-8-6-15(7-9-16)13-23-25-21-24-19(14-28-21)18-11-10-17(26-4)12-20(18)27-5/h6-14H,1-5H3,(H,24,25)/b23-13-. The van der Waals surface area contributed by atoms with Gasteiger partial charge in [-0.05, 0) is 28.7 Å². The molecule has 0 amide bonds. The zero-order valence-corrected chi connectivity index (χ0v) is 17.6. The second-order valence-electron chi connectivity index (χ2n) is 7.35. The zero-order chi connectivity index (χ0) is 20.1. The first-order valence-electron chi connectivity index (χ1n) is 8.98. The van der Waals surface area contributed by atoms with Gasteiger partial charge in [-0.1, -0.05) is 45.0 Å². The van der Waals surface area contributed by atoms with Crippen molar-refractivity contribution in [3.05, 3.63) is 59.0 Å². The molecule has 146 valence electrons. The van der Waals surface area contributed by atoms with E-state index in [1.165, 1.54) is 16.9 Å². The topological polar surface area (TPSA) is 55.7 Å². The van der Waals surface area contributed by atoms with Crippen LogP contribution in [0.2, 0.25) is 0 Å². The highest BCUT2D eigenvalue weighted by atomic mass is 32.1. The van der Waals surface area contributed by atoms with E-state index in [4.69, 9.17) is 9.47 Å². The molecule has 5 nitrogen and oxygen atoms in total. The Balaban J connectivity index is 1.69. The van der Waals surface area contributed by atoms with Gasteiger partial charge in [0.25, 0.3) is 0 Å². The van der Waals surface area contributed by atoms with Crippen LogP contribution in [0, 0.1) is 0 Å². The Labute approximate surface area is 170 Å². The SMILES string of the molecule is COc1ccc(-c2csc(N/N=C\c3ccc(C(C)(C)C)cc3)n2)c(OC)c1. The molecule has 0 aliphatic heterocycles. The van der Waals surface area contributed by atoms with Crippen molar-refractivity contribution in [1.29, 1.82) is 0 Å². The predicted molar refractivity (Wildman–Crippen MR) is 117 cm³/mol. The van der Waals surface area contributed by atoms with E-state index in [9.17, 15) is 0 Å². The van der Waals surface area contributed by atoms with E-state index in [0.717, 1.165) is 33.5 Å². The molecule has 1 aromatic heterocycles. The normalized spacial score (nSPS) is 11.6. The summed E-state index contributed by atoms with van der Waals surface area (Å²) in [5.41, 5.74) is 7.23. The van der Waals surface area contributed by atoms with Crippen molar-refractivity contribution in [1.82, 2.24) is 4.98 Å². The zero-order valence-electron chi connectivity index (χ0n) is 16.8. The smallest absolute Gasteiger partial charge is 0.203 e. The Morgan fingerprint density at radius 2 is 1.79 bits per heavy atom. The van der Waals surface area contributed by atoms with Gasteiger partial charge in [0.15, 0.2) is 0 Å². The monoisotopic (exact) mass is 395 g/mol. The molecule has 0 unspecified atom stereocenters. The van der Waals surface area contributed by atoms with Crippen LogP contribution in [0.5, 0.6) is 11.5 Å². The number of anilines is 1. The molecule has 1 heterocycles. The summed E-state index contributed by atoms with van der Waals surface area (Å²) in [6.45, 7) is 6.61. The van der Waals surface area contributed by atoms with Gasteiger partial charge < -0.3 is 9.47 Å². The lowest BCUT2D eigenvalue weighted by molar-refractivity contribution is 0.395. The van der Waals surface area contributed by atoms with Crippen LogP contribution in [0.15, 0.2) is 52.9 Å². The summed E-state index contributed by atoms with van der Waals surface area (Å²) in [5, 5.41) is 6.99. The van der Waals surface area contributed by atoms with Crippen LogP contribution in [-0.2, 0) is 5.41 Å². The molecule has 28 heavy (non-hydrogen) atoms. The number of ether oxygens (including phenoxy) is 2. The molecule has 3 aromatic rings. The van der Waals surface area contributed by atoms with E-state index < -0.39 is 0 Å². The third-order valence-electron chi connectivity index (χ3n) is 4.34. The van der Waals surface area contributed by atoms with Gasteiger partial charge in [-0.3, -0.25) is 5.43 Å². The molecule has 0 saturated carbocycles. The van der Waals surface area contributed by atoms with E-state index >= 15 is 0 Å². The lowest BCUT2D eigenvalue weighted by atomic mass is 9.87. The fourth-order valence-electron chi connectivity index (χ4n) is 2.69. The summed E-state index contributed by atoms with van der Waals surface area (Å²) in [4.78, 5) is 4.60. The minimum Gasteiger partial charge on any atom is -0.497 e. The van der Waals surface area contributed by atoms with E-state index in [1.54, 1.807) is 20.4 Å². The lowest BCUT2D eigenvalue weighted by Gasteiger charge is -2.18. The van der Waals surface area contributed by atoms with Gasteiger partial charge >= 0.3 is 0 Å². The van der Waals surface area contributed by atoms with Crippen molar-refractivity contribution < 1.29 is 9.47 Å². The Bertz CT molecular complexity index is 957. The van der Waals surface area contributed by atoms with Crippen LogP contribution in [0.4, 0.5) is 5.13 Å². The molecule has 2 aromatic carbocycles. The van der Waals surface area contributed by atoms with Gasteiger partial charge in [-0.25, -0.2) is 4.98 Å². The number of hydrazone groups is 1. The molecule has 3 rings (SSSR count). The van der Waals surface area contributed by atoms with Crippen molar-refractivity contribution in [2.45, 2.75) is 26.2 Å². The quantitative estimate of drug-likeness (QED) is 0.438. The lowest BCUT2D eigenvalue weighted by Crippen LogP contribution is -2.10. The maximum atomic E-state index is 5.46. The van der Waals surface area contributed by atoms with Crippen molar-refractivity contribution in [2.24, 2.45) is 5.10 Å². The third-order valence-corrected chi connectivity index (χ3v) is 5.09. The highest BCUT2D eigenvalue weighted by Crippen LogP contribution is 2.34. The average molecular weight is 396 g/mol. The summed E-state index contributed by atoms with van der Waals surface area (Å²) >= 11 is 1.49. The van der Waals surface area contributed by atoms with Crippen molar-refractivity contribution in [3.8, 4) is 22.8 Å². The number of nitrogens with zero attached hydrogens (tertiary/aromatic N) is 2. The molecular formula is C22H25N3O2S. The van der Waals surface area contributed by atoms with Gasteiger partial charge in [-0.15, -0.1) is 11.3 Å². The summed E-state index contributed by atoms with van der Waals surface area (Å²) < 4.78 is 10.7.